The highest BCUT2D eigenvalue weighted by Gasteiger charge is 2.24. The zero-order chi connectivity index (χ0) is 11.7. The molecule has 2 rings (SSSR count). The van der Waals surface area contributed by atoms with Gasteiger partial charge in [0.15, 0.2) is 0 Å². The molecule has 0 saturated carbocycles. The quantitative estimate of drug-likeness (QED) is 0.742. The number of nitrogens with zero attached hydrogens (tertiary/aromatic N) is 3. The van der Waals surface area contributed by atoms with Gasteiger partial charge in [0.25, 0.3) is 0 Å². The molecule has 2 unspecified atom stereocenters. The van der Waals surface area contributed by atoms with Gasteiger partial charge in [0, 0.05) is 17.9 Å². The van der Waals surface area contributed by atoms with Gasteiger partial charge in [-0.1, -0.05) is 22.9 Å². The molecule has 0 amide bonds. The lowest BCUT2D eigenvalue weighted by Crippen LogP contribution is -2.40. The Bertz CT molecular complexity index is 381. The molecule has 16 heavy (non-hydrogen) atoms. The fourth-order valence-electron chi connectivity index (χ4n) is 1.91. The van der Waals surface area contributed by atoms with Crippen molar-refractivity contribution in [3.8, 4) is 0 Å². The number of hydrogen-bond donors (Lipinski definition) is 0. The maximum absolute atomic E-state index is 4.60. The molecule has 88 valence electrons. The number of rotatable bonds is 1. The molecular weight excluding hydrogens is 266 g/mol. The van der Waals surface area contributed by atoms with E-state index in [9.17, 15) is 0 Å². The van der Waals surface area contributed by atoms with Crippen molar-refractivity contribution in [1.82, 2.24) is 9.97 Å². The van der Waals surface area contributed by atoms with Crippen LogP contribution in [0.2, 0.25) is 0 Å². The fourth-order valence-corrected chi connectivity index (χ4v) is 2.53. The second-order valence-corrected chi connectivity index (χ2v) is 5.80. The maximum atomic E-state index is 4.60. The summed E-state index contributed by atoms with van der Waals surface area (Å²) < 4.78 is 0. The predicted octanol–water partition coefficient (Wildman–Crippen LogP) is 2.70. The molecule has 1 fully saturated rings. The zero-order valence-corrected chi connectivity index (χ0v) is 11.7. The third-order valence-electron chi connectivity index (χ3n) is 3.37. The first-order valence-electron chi connectivity index (χ1n) is 5.77. The molecule has 4 heteroatoms. The van der Waals surface area contributed by atoms with Gasteiger partial charge in [0.1, 0.15) is 5.82 Å². The van der Waals surface area contributed by atoms with E-state index in [0.29, 0.717) is 4.83 Å². The van der Waals surface area contributed by atoms with Crippen molar-refractivity contribution in [2.75, 3.05) is 18.0 Å². The number of aromatic nitrogens is 2. The third-order valence-corrected chi connectivity index (χ3v) is 4.56. The van der Waals surface area contributed by atoms with E-state index in [0.717, 1.165) is 36.2 Å². The molecule has 2 heterocycles. The Morgan fingerprint density at radius 2 is 2.12 bits per heavy atom. The summed E-state index contributed by atoms with van der Waals surface area (Å²) in [6.07, 6.45) is 3.10. The molecular formula is C12H18BrN3. The summed E-state index contributed by atoms with van der Waals surface area (Å²) in [6, 6.07) is 0. The van der Waals surface area contributed by atoms with Crippen LogP contribution in [0.5, 0.6) is 0 Å². The van der Waals surface area contributed by atoms with Crippen LogP contribution in [0.3, 0.4) is 0 Å². The van der Waals surface area contributed by atoms with Gasteiger partial charge in [0.2, 0.25) is 0 Å². The van der Waals surface area contributed by atoms with E-state index < -0.39 is 0 Å². The van der Waals surface area contributed by atoms with Gasteiger partial charge in [-0.15, -0.1) is 0 Å². The van der Waals surface area contributed by atoms with Crippen molar-refractivity contribution in [3.63, 3.8) is 0 Å². The topological polar surface area (TPSA) is 29.0 Å². The first kappa shape index (κ1) is 11.8. The Labute approximate surface area is 105 Å². The number of halogens is 1. The number of alkyl halides is 1. The van der Waals surface area contributed by atoms with E-state index >= 15 is 0 Å². The number of piperidine rings is 1. The Hall–Kier alpha value is -0.640. The molecule has 1 aliphatic heterocycles. The second kappa shape index (κ2) is 4.70. The first-order valence-corrected chi connectivity index (χ1v) is 6.68. The van der Waals surface area contributed by atoms with Crippen LogP contribution in [0.25, 0.3) is 0 Å². The lowest BCUT2D eigenvalue weighted by molar-refractivity contribution is 0.454. The summed E-state index contributed by atoms with van der Waals surface area (Å²) in [4.78, 5) is 11.9. The van der Waals surface area contributed by atoms with Crippen molar-refractivity contribution < 1.29 is 0 Å². The lowest BCUT2D eigenvalue weighted by atomic mass is 9.99. The molecule has 2 atom stereocenters. The van der Waals surface area contributed by atoms with Gasteiger partial charge in [-0.25, -0.2) is 4.98 Å². The van der Waals surface area contributed by atoms with E-state index in [-0.39, 0.29) is 0 Å². The van der Waals surface area contributed by atoms with Crippen molar-refractivity contribution in [2.45, 2.75) is 32.0 Å². The second-order valence-electron chi connectivity index (χ2n) is 4.63. The van der Waals surface area contributed by atoms with E-state index in [1.807, 2.05) is 20.0 Å². The van der Waals surface area contributed by atoms with E-state index in [1.54, 1.807) is 0 Å². The van der Waals surface area contributed by atoms with Crippen LogP contribution < -0.4 is 4.90 Å². The van der Waals surface area contributed by atoms with Gasteiger partial charge >= 0.3 is 0 Å². The van der Waals surface area contributed by atoms with E-state index in [4.69, 9.17) is 0 Å². The molecule has 1 aromatic rings. The van der Waals surface area contributed by atoms with Crippen molar-refractivity contribution in [1.29, 1.82) is 0 Å². The maximum Gasteiger partial charge on any atom is 0.147 e. The number of anilines is 1. The molecule has 1 saturated heterocycles. The van der Waals surface area contributed by atoms with E-state index in [1.165, 1.54) is 6.42 Å². The number of aryl methyl sites for hydroxylation is 2. The zero-order valence-electron chi connectivity index (χ0n) is 10.1. The Morgan fingerprint density at radius 1 is 1.38 bits per heavy atom. The summed E-state index contributed by atoms with van der Waals surface area (Å²) in [5, 5.41) is 0. The summed E-state index contributed by atoms with van der Waals surface area (Å²) in [7, 11) is 0. The molecule has 0 aliphatic carbocycles. The van der Waals surface area contributed by atoms with Crippen LogP contribution in [0.1, 0.15) is 24.7 Å². The minimum absolute atomic E-state index is 0.560. The van der Waals surface area contributed by atoms with Crippen LogP contribution in [-0.4, -0.2) is 27.9 Å². The predicted molar refractivity (Wildman–Crippen MR) is 70.2 cm³/mol. The largest absolute Gasteiger partial charge is 0.354 e. The highest BCUT2D eigenvalue weighted by Crippen LogP contribution is 2.26. The summed E-state index contributed by atoms with van der Waals surface area (Å²) in [5.41, 5.74) is 2.05. The number of hydrogen-bond acceptors (Lipinski definition) is 3. The summed E-state index contributed by atoms with van der Waals surface area (Å²) in [5.74, 6) is 1.76. The van der Waals surface area contributed by atoms with Gasteiger partial charge in [0.05, 0.1) is 17.6 Å². The molecule has 0 bridgehead atoms. The van der Waals surface area contributed by atoms with Crippen LogP contribution >= 0.6 is 15.9 Å². The van der Waals surface area contributed by atoms with Crippen molar-refractivity contribution >= 4 is 21.7 Å². The SMILES string of the molecule is Cc1ncc(N2CCC(C)C(Br)C2)nc1C. The van der Waals surface area contributed by atoms with Crippen LogP contribution in [-0.2, 0) is 0 Å². The highest BCUT2D eigenvalue weighted by atomic mass is 79.9. The molecule has 1 aliphatic rings. The molecule has 1 aromatic heterocycles. The standard InChI is InChI=1S/C12H18BrN3/c1-8-4-5-16(7-11(8)13)12-6-14-9(2)10(3)15-12/h6,8,11H,4-5,7H2,1-3H3. The Morgan fingerprint density at radius 3 is 2.75 bits per heavy atom. The van der Waals surface area contributed by atoms with Crippen LogP contribution in [0, 0.1) is 19.8 Å². The molecule has 0 aromatic carbocycles. The third kappa shape index (κ3) is 2.37. The van der Waals surface area contributed by atoms with Crippen molar-refractivity contribution in [3.05, 3.63) is 17.6 Å². The fraction of sp³-hybridized carbons (Fsp3) is 0.667. The molecule has 3 nitrogen and oxygen atoms in total. The molecule has 0 spiro atoms. The summed E-state index contributed by atoms with van der Waals surface area (Å²) >= 11 is 3.73. The first-order chi connectivity index (χ1) is 7.58. The average Bonchev–Trinajstić information content (AvgIpc) is 2.26. The Balaban J connectivity index is 2.15. The van der Waals surface area contributed by atoms with Gasteiger partial charge in [-0.05, 0) is 26.2 Å². The average molecular weight is 284 g/mol. The molecule has 0 N–H and O–H groups in total. The van der Waals surface area contributed by atoms with Gasteiger partial charge < -0.3 is 4.90 Å². The normalized spacial score (nSPS) is 25.9. The molecule has 0 radical (unpaired) electrons. The van der Waals surface area contributed by atoms with E-state index in [2.05, 4.69) is 37.7 Å². The van der Waals surface area contributed by atoms with Gasteiger partial charge in [-0.3, -0.25) is 4.98 Å². The minimum atomic E-state index is 0.560. The highest BCUT2D eigenvalue weighted by molar-refractivity contribution is 9.09. The minimum Gasteiger partial charge on any atom is -0.354 e. The Kier molecular flexibility index (Phi) is 3.47. The van der Waals surface area contributed by atoms with Crippen LogP contribution in [0.15, 0.2) is 6.20 Å². The monoisotopic (exact) mass is 283 g/mol. The smallest absolute Gasteiger partial charge is 0.147 e. The summed E-state index contributed by atoms with van der Waals surface area (Å²) in [6.45, 7) is 8.42. The van der Waals surface area contributed by atoms with Crippen molar-refractivity contribution in [2.24, 2.45) is 5.92 Å². The van der Waals surface area contributed by atoms with Crippen LogP contribution in [0.4, 0.5) is 5.82 Å². The van der Waals surface area contributed by atoms with Gasteiger partial charge in [-0.2, -0.15) is 0 Å². The lowest BCUT2D eigenvalue weighted by Gasteiger charge is -2.34.